The van der Waals surface area contributed by atoms with Crippen LogP contribution in [0.15, 0.2) is 12.1 Å². The van der Waals surface area contributed by atoms with Gasteiger partial charge in [0, 0.05) is 6.04 Å². The lowest BCUT2D eigenvalue weighted by Gasteiger charge is -2.16. The molecule has 4 heteroatoms. The average Bonchev–Trinajstić information content (AvgIpc) is 3.01. The highest BCUT2D eigenvalue weighted by Gasteiger charge is 2.23. The van der Waals surface area contributed by atoms with Crippen molar-refractivity contribution in [2.75, 3.05) is 11.1 Å². The zero-order chi connectivity index (χ0) is 12.7. The first-order chi connectivity index (χ1) is 8.61. The van der Waals surface area contributed by atoms with Gasteiger partial charge in [0.25, 0.3) is 0 Å². The molecule has 0 amide bonds. The molecule has 18 heavy (non-hydrogen) atoms. The molecule has 0 bridgehead atoms. The molecule has 3 nitrogen and oxygen atoms in total. The Morgan fingerprint density at radius 1 is 1.50 bits per heavy atom. The first kappa shape index (κ1) is 11.8. The summed E-state index contributed by atoms with van der Waals surface area (Å²) in [5.41, 5.74) is 9.01. The van der Waals surface area contributed by atoms with E-state index in [0.717, 1.165) is 27.8 Å². The fourth-order valence-electron chi connectivity index (χ4n) is 2.41. The number of nitrogens with zero attached hydrogens (tertiary/aromatic N) is 1. The molecule has 1 atom stereocenters. The van der Waals surface area contributed by atoms with Crippen molar-refractivity contribution >= 4 is 32.9 Å². The van der Waals surface area contributed by atoms with E-state index in [9.17, 15) is 0 Å². The molecule has 0 spiro atoms. The first-order valence-electron chi connectivity index (χ1n) is 6.55. The summed E-state index contributed by atoms with van der Waals surface area (Å²) in [4.78, 5) is 4.52. The van der Waals surface area contributed by atoms with Crippen molar-refractivity contribution in [2.24, 2.45) is 5.92 Å². The van der Waals surface area contributed by atoms with Crippen molar-refractivity contribution in [3.63, 3.8) is 0 Å². The molecule has 0 aliphatic heterocycles. The van der Waals surface area contributed by atoms with Gasteiger partial charge in [-0.3, -0.25) is 0 Å². The lowest BCUT2D eigenvalue weighted by Crippen LogP contribution is -2.16. The summed E-state index contributed by atoms with van der Waals surface area (Å²) in [5, 5.41) is 4.61. The first-order valence-corrected chi connectivity index (χ1v) is 7.36. The number of aromatic nitrogens is 1. The van der Waals surface area contributed by atoms with Gasteiger partial charge in [-0.25, -0.2) is 4.98 Å². The summed E-state index contributed by atoms with van der Waals surface area (Å²) in [6.07, 6.45) is 4.03. The molecule has 1 heterocycles. The molecule has 3 rings (SSSR count). The van der Waals surface area contributed by atoms with Crippen LogP contribution >= 0.6 is 11.3 Å². The van der Waals surface area contributed by atoms with E-state index in [1.165, 1.54) is 24.0 Å². The van der Waals surface area contributed by atoms with Crippen molar-refractivity contribution in [2.45, 2.75) is 39.2 Å². The highest BCUT2D eigenvalue weighted by atomic mass is 32.1. The van der Waals surface area contributed by atoms with Gasteiger partial charge in [-0.2, -0.15) is 0 Å². The Morgan fingerprint density at radius 3 is 3.00 bits per heavy atom. The van der Waals surface area contributed by atoms with Crippen LogP contribution in [0, 0.1) is 12.8 Å². The van der Waals surface area contributed by atoms with Crippen molar-refractivity contribution in [3.8, 4) is 0 Å². The number of aryl methyl sites for hydroxylation is 1. The topological polar surface area (TPSA) is 50.9 Å². The molecular weight excluding hydrogens is 242 g/mol. The van der Waals surface area contributed by atoms with E-state index >= 15 is 0 Å². The number of benzene rings is 1. The molecule has 2 aromatic rings. The molecule has 1 saturated carbocycles. The van der Waals surface area contributed by atoms with Gasteiger partial charge >= 0.3 is 0 Å². The molecule has 0 radical (unpaired) electrons. The quantitative estimate of drug-likeness (QED) is 0.823. The lowest BCUT2D eigenvalue weighted by atomic mass is 10.1. The molecule has 1 aromatic carbocycles. The highest BCUT2D eigenvalue weighted by molar-refractivity contribution is 7.18. The minimum absolute atomic E-state index is 0.483. The molecule has 3 N–H and O–H groups in total. The minimum Gasteiger partial charge on any atom is -0.397 e. The van der Waals surface area contributed by atoms with Crippen LogP contribution in [0.5, 0.6) is 0 Å². The molecule has 1 aliphatic carbocycles. The van der Waals surface area contributed by atoms with Crippen molar-refractivity contribution in [1.82, 2.24) is 4.98 Å². The second-order valence-corrected chi connectivity index (χ2v) is 6.60. The molecule has 1 fully saturated rings. The van der Waals surface area contributed by atoms with Gasteiger partial charge in [0.1, 0.15) is 0 Å². The maximum absolute atomic E-state index is 6.11. The summed E-state index contributed by atoms with van der Waals surface area (Å²) in [5.74, 6) is 0.930. The monoisotopic (exact) mass is 261 g/mol. The highest BCUT2D eigenvalue weighted by Crippen LogP contribution is 2.35. The summed E-state index contributed by atoms with van der Waals surface area (Å²) < 4.78 is 1.17. The van der Waals surface area contributed by atoms with Crippen molar-refractivity contribution < 1.29 is 0 Å². The normalized spacial score (nSPS) is 17.0. The van der Waals surface area contributed by atoms with Crippen molar-refractivity contribution in [1.29, 1.82) is 0 Å². The summed E-state index contributed by atoms with van der Waals surface area (Å²) in [6, 6.07) is 4.60. The third kappa shape index (κ3) is 2.43. The Morgan fingerprint density at radius 2 is 2.28 bits per heavy atom. The number of fused-ring (bicyclic) bond motifs is 1. The molecular formula is C14H19N3S. The molecule has 1 unspecified atom stereocenters. The van der Waals surface area contributed by atoms with Crippen LogP contribution in [0.25, 0.3) is 10.2 Å². The Bertz CT molecular complexity index is 572. The number of hydrogen-bond acceptors (Lipinski definition) is 4. The van der Waals surface area contributed by atoms with Crippen LogP contribution < -0.4 is 11.1 Å². The van der Waals surface area contributed by atoms with Gasteiger partial charge in [-0.05, 0) is 38.3 Å². The van der Waals surface area contributed by atoms with E-state index in [4.69, 9.17) is 5.73 Å². The third-order valence-electron chi connectivity index (χ3n) is 3.45. The number of thiazole rings is 1. The molecule has 96 valence electrons. The maximum atomic E-state index is 6.11. The predicted molar refractivity (Wildman–Crippen MR) is 79.2 cm³/mol. The summed E-state index contributed by atoms with van der Waals surface area (Å²) in [7, 11) is 0. The fourth-order valence-corrected chi connectivity index (χ4v) is 3.27. The van der Waals surface area contributed by atoms with Crippen LogP contribution in [0.4, 0.5) is 11.4 Å². The van der Waals surface area contributed by atoms with Crippen LogP contribution in [0.1, 0.15) is 31.2 Å². The number of nitrogens with one attached hydrogen (secondary N) is 1. The van der Waals surface area contributed by atoms with Gasteiger partial charge in [-0.1, -0.05) is 12.8 Å². The average molecular weight is 261 g/mol. The van der Waals surface area contributed by atoms with Gasteiger partial charge in [-0.15, -0.1) is 11.3 Å². The number of nitrogen functional groups attached to an aromatic ring is 1. The standard InChI is InChI=1S/C14H19N3S/c1-8(5-10-3-4-10)16-12-7-13-14(6-11(12)15)18-9(2)17-13/h6-8,10,16H,3-5,15H2,1-2H3. The Kier molecular flexibility index (Phi) is 2.90. The Balaban J connectivity index is 1.83. The largest absolute Gasteiger partial charge is 0.397 e. The van der Waals surface area contributed by atoms with E-state index in [2.05, 4.69) is 23.3 Å². The smallest absolute Gasteiger partial charge is 0.0907 e. The molecule has 1 aliphatic rings. The Hall–Kier alpha value is -1.29. The number of rotatable bonds is 4. The van der Waals surface area contributed by atoms with Crippen molar-refractivity contribution in [3.05, 3.63) is 17.1 Å². The zero-order valence-corrected chi connectivity index (χ0v) is 11.7. The van der Waals surface area contributed by atoms with Gasteiger partial charge in [0.05, 0.1) is 26.6 Å². The summed E-state index contributed by atoms with van der Waals surface area (Å²) >= 11 is 1.70. The van der Waals surface area contributed by atoms with Crippen LogP contribution in [0.3, 0.4) is 0 Å². The van der Waals surface area contributed by atoms with Crippen LogP contribution in [0.2, 0.25) is 0 Å². The zero-order valence-electron chi connectivity index (χ0n) is 10.9. The minimum atomic E-state index is 0.483. The number of nitrogens with two attached hydrogens (primary N) is 1. The van der Waals surface area contributed by atoms with E-state index in [-0.39, 0.29) is 0 Å². The maximum Gasteiger partial charge on any atom is 0.0907 e. The Labute approximate surface area is 111 Å². The number of anilines is 2. The molecule has 0 saturated heterocycles. The fraction of sp³-hybridized carbons (Fsp3) is 0.500. The number of hydrogen-bond donors (Lipinski definition) is 2. The van der Waals surface area contributed by atoms with Crippen LogP contribution in [-0.4, -0.2) is 11.0 Å². The van der Waals surface area contributed by atoms with Gasteiger partial charge < -0.3 is 11.1 Å². The van der Waals surface area contributed by atoms with Gasteiger partial charge in [0.15, 0.2) is 0 Å². The van der Waals surface area contributed by atoms with E-state index in [1.807, 2.05) is 13.0 Å². The van der Waals surface area contributed by atoms with E-state index < -0.39 is 0 Å². The predicted octanol–water partition coefficient (Wildman–Crippen LogP) is 3.79. The lowest BCUT2D eigenvalue weighted by molar-refractivity contribution is 0.642. The van der Waals surface area contributed by atoms with E-state index in [1.54, 1.807) is 11.3 Å². The second kappa shape index (κ2) is 4.43. The van der Waals surface area contributed by atoms with E-state index in [0.29, 0.717) is 6.04 Å². The summed E-state index contributed by atoms with van der Waals surface area (Å²) in [6.45, 7) is 4.26. The third-order valence-corrected chi connectivity index (χ3v) is 4.39. The van der Waals surface area contributed by atoms with Gasteiger partial charge in [0.2, 0.25) is 0 Å². The van der Waals surface area contributed by atoms with Crippen LogP contribution in [-0.2, 0) is 0 Å². The molecule has 1 aromatic heterocycles. The SMILES string of the molecule is Cc1nc2cc(NC(C)CC3CC3)c(N)cc2s1. The second-order valence-electron chi connectivity index (χ2n) is 5.36.